The molecule has 0 aromatic carbocycles. The molecule has 2 aromatic heterocycles. The second kappa shape index (κ2) is 2.85. The molecule has 3 nitrogen and oxygen atoms in total. The second-order valence-electron chi connectivity index (χ2n) is 3.28. The largest absolute Gasteiger partial charge is 0.383 e. The fourth-order valence-electron chi connectivity index (χ4n) is 1.79. The lowest BCUT2D eigenvalue weighted by molar-refractivity contribution is 1.07. The molecule has 0 amide bonds. The van der Waals surface area contributed by atoms with Gasteiger partial charge in [0, 0.05) is 22.9 Å². The minimum absolute atomic E-state index is 0.598. The SMILES string of the molecule is Nc1nc2c(c3ncccc13)CCS2. The van der Waals surface area contributed by atoms with E-state index in [9.17, 15) is 0 Å². The van der Waals surface area contributed by atoms with Crippen molar-refractivity contribution in [3.8, 4) is 0 Å². The fraction of sp³-hybridized carbons (Fsp3) is 0.200. The van der Waals surface area contributed by atoms with Crippen molar-refractivity contribution in [2.24, 2.45) is 0 Å². The lowest BCUT2D eigenvalue weighted by atomic mass is 10.1. The van der Waals surface area contributed by atoms with Crippen LogP contribution < -0.4 is 5.73 Å². The summed E-state index contributed by atoms with van der Waals surface area (Å²) in [4.78, 5) is 8.76. The van der Waals surface area contributed by atoms with Crippen LogP contribution in [-0.2, 0) is 6.42 Å². The molecule has 3 heterocycles. The van der Waals surface area contributed by atoms with E-state index in [-0.39, 0.29) is 0 Å². The number of hydrogen-bond donors (Lipinski definition) is 1. The van der Waals surface area contributed by atoms with Crippen LogP contribution in [0, 0.1) is 0 Å². The first-order valence-corrected chi connectivity index (χ1v) is 5.50. The third kappa shape index (κ3) is 1.00. The fourth-order valence-corrected chi connectivity index (χ4v) is 2.82. The van der Waals surface area contributed by atoms with E-state index in [0.29, 0.717) is 5.82 Å². The number of anilines is 1. The van der Waals surface area contributed by atoms with Crippen LogP contribution in [0.3, 0.4) is 0 Å². The molecular formula is C10H9N3S. The Morgan fingerprint density at radius 2 is 2.36 bits per heavy atom. The first-order chi connectivity index (χ1) is 6.86. The topological polar surface area (TPSA) is 51.8 Å². The van der Waals surface area contributed by atoms with E-state index < -0.39 is 0 Å². The van der Waals surface area contributed by atoms with Crippen LogP contribution in [0.4, 0.5) is 5.82 Å². The zero-order chi connectivity index (χ0) is 9.54. The molecule has 14 heavy (non-hydrogen) atoms. The van der Waals surface area contributed by atoms with Crippen molar-refractivity contribution in [3.63, 3.8) is 0 Å². The number of pyridine rings is 2. The molecule has 1 aliphatic heterocycles. The van der Waals surface area contributed by atoms with Crippen LogP contribution >= 0.6 is 11.8 Å². The molecule has 0 aliphatic carbocycles. The number of nitrogens with two attached hydrogens (primary N) is 1. The van der Waals surface area contributed by atoms with E-state index in [1.165, 1.54) is 5.56 Å². The molecule has 0 atom stereocenters. The molecule has 0 radical (unpaired) electrons. The van der Waals surface area contributed by atoms with Crippen LogP contribution in [-0.4, -0.2) is 15.7 Å². The molecule has 0 bridgehead atoms. The summed E-state index contributed by atoms with van der Waals surface area (Å²) in [6.45, 7) is 0. The number of fused-ring (bicyclic) bond motifs is 3. The maximum atomic E-state index is 5.86. The zero-order valence-electron chi connectivity index (χ0n) is 7.53. The molecule has 0 fully saturated rings. The van der Waals surface area contributed by atoms with Gasteiger partial charge in [0.15, 0.2) is 0 Å². The number of rotatable bonds is 0. The summed E-state index contributed by atoms with van der Waals surface area (Å²) in [5.41, 5.74) is 8.16. The summed E-state index contributed by atoms with van der Waals surface area (Å²) in [6.07, 6.45) is 2.87. The van der Waals surface area contributed by atoms with E-state index in [4.69, 9.17) is 5.73 Å². The Labute approximate surface area is 85.7 Å². The van der Waals surface area contributed by atoms with Crippen molar-refractivity contribution in [3.05, 3.63) is 23.9 Å². The monoisotopic (exact) mass is 203 g/mol. The first-order valence-electron chi connectivity index (χ1n) is 4.52. The van der Waals surface area contributed by atoms with E-state index >= 15 is 0 Å². The molecule has 0 saturated heterocycles. The van der Waals surface area contributed by atoms with Gasteiger partial charge in [-0.25, -0.2) is 4.98 Å². The number of aryl methyl sites for hydroxylation is 1. The van der Waals surface area contributed by atoms with Gasteiger partial charge in [0.05, 0.1) is 5.52 Å². The van der Waals surface area contributed by atoms with Gasteiger partial charge in [-0.2, -0.15) is 0 Å². The quantitative estimate of drug-likeness (QED) is 0.710. The van der Waals surface area contributed by atoms with Crippen LogP contribution in [0.15, 0.2) is 23.4 Å². The Morgan fingerprint density at radius 1 is 1.43 bits per heavy atom. The van der Waals surface area contributed by atoms with Crippen LogP contribution in [0.25, 0.3) is 10.9 Å². The lowest BCUT2D eigenvalue weighted by Gasteiger charge is -2.05. The highest BCUT2D eigenvalue weighted by Crippen LogP contribution is 2.35. The van der Waals surface area contributed by atoms with Gasteiger partial charge < -0.3 is 5.73 Å². The van der Waals surface area contributed by atoms with E-state index in [1.807, 2.05) is 18.3 Å². The van der Waals surface area contributed by atoms with E-state index in [2.05, 4.69) is 9.97 Å². The highest BCUT2D eigenvalue weighted by molar-refractivity contribution is 7.99. The molecule has 0 saturated carbocycles. The molecule has 0 spiro atoms. The molecule has 2 N–H and O–H groups in total. The van der Waals surface area contributed by atoms with Crippen molar-refractivity contribution in [1.82, 2.24) is 9.97 Å². The number of aromatic nitrogens is 2. The molecule has 3 rings (SSSR count). The summed E-state index contributed by atoms with van der Waals surface area (Å²) in [7, 11) is 0. The molecular weight excluding hydrogens is 194 g/mol. The lowest BCUT2D eigenvalue weighted by Crippen LogP contribution is -1.97. The Balaban J connectivity index is 2.47. The average molecular weight is 203 g/mol. The normalized spacial score (nSPS) is 14.6. The standard InChI is InChI=1S/C10H9N3S/c11-9-6-2-1-4-12-8(6)7-3-5-14-10(7)13-9/h1-2,4H,3,5H2,(H2,11,13). The highest BCUT2D eigenvalue weighted by atomic mass is 32.2. The van der Waals surface area contributed by atoms with Crippen LogP contribution in [0.2, 0.25) is 0 Å². The van der Waals surface area contributed by atoms with Crippen molar-refractivity contribution in [2.45, 2.75) is 11.4 Å². The highest BCUT2D eigenvalue weighted by Gasteiger charge is 2.18. The van der Waals surface area contributed by atoms with Crippen molar-refractivity contribution in [2.75, 3.05) is 11.5 Å². The van der Waals surface area contributed by atoms with Gasteiger partial charge in [-0.05, 0) is 18.6 Å². The van der Waals surface area contributed by atoms with Crippen molar-refractivity contribution < 1.29 is 0 Å². The number of hydrogen-bond acceptors (Lipinski definition) is 4. The van der Waals surface area contributed by atoms with Crippen LogP contribution in [0.1, 0.15) is 5.56 Å². The Kier molecular flexibility index (Phi) is 1.64. The van der Waals surface area contributed by atoms with Crippen molar-refractivity contribution >= 4 is 28.5 Å². The summed E-state index contributed by atoms with van der Waals surface area (Å²) >= 11 is 1.77. The van der Waals surface area contributed by atoms with Gasteiger partial charge in [0.25, 0.3) is 0 Å². The maximum absolute atomic E-state index is 5.86. The number of thioether (sulfide) groups is 1. The number of nitrogen functional groups attached to an aromatic ring is 1. The van der Waals surface area contributed by atoms with Gasteiger partial charge in [0.2, 0.25) is 0 Å². The molecule has 1 aliphatic rings. The van der Waals surface area contributed by atoms with E-state index in [1.54, 1.807) is 11.8 Å². The Hall–Kier alpha value is -1.29. The summed E-state index contributed by atoms with van der Waals surface area (Å²) in [6, 6.07) is 3.88. The Bertz CT molecular complexity index is 510. The zero-order valence-corrected chi connectivity index (χ0v) is 8.34. The average Bonchev–Trinajstić information content (AvgIpc) is 2.66. The Morgan fingerprint density at radius 3 is 3.29 bits per heavy atom. The van der Waals surface area contributed by atoms with E-state index in [0.717, 1.165) is 28.1 Å². The van der Waals surface area contributed by atoms with Gasteiger partial charge in [0.1, 0.15) is 10.8 Å². The van der Waals surface area contributed by atoms with Gasteiger partial charge >= 0.3 is 0 Å². The first kappa shape index (κ1) is 8.05. The molecule has 2 aromatic rings. The summed E-state index contributed by atoms with van der Waals surface area (Å²) in [5.74, 6) is 1.69. The third-order valence-electron chi connectivity index (χ3n) is 2.44. The second-order valence-corrected chi connectivity index (χ2v) is 4.36. The predicted octanol–water partition coefficient (Wildman–Crippen LogP) is 1.86. The number of nitrogens with zero attached hydrogens (tertiary/aromatic N) is 2. The minimum Gasteiger partial charge on any atom is -0.383 e. The van der Waals surface area contributed by atoms with Crippen LogP contribution in [0.5, 0.6) is 0 Å². The van der Waals surface area contributed by atoms with Gasteiger partial charge in [-0.3, -0.25) is 4.98 Å². The summed E-state index contributed by atoms with van der Waals surface area (Å²) < 4.78 is 0. The molecule has 0 unspecified atom stereocenters. The van der Waals surface area contributed by atoms with Gasteiger partial charge in [-0.15, -0.1) is 11.8 Å². The third-order valence-corrected chi connectivity index (χ3v) is 3.46. The smallest absolute Gasteiger partial charge is 0.134 e. The molecule has 70 valence electrons. The van der Waals surface area contributed by atoms with Gasteiger partial charge in [-0.1, -0.05) is 0 Å². The van der Waals surface area contributed by atoms with Crippen molar-refractivity contribution in [1.29, 1.82) is 0 Å². The summed E-state index contributed by atoms with van der Waals surface area (Å²) in [5, 5.41) is 2.04. The minimum atomic E-state index is 0.598. The maximum Gasteiger partial charge on any atom is 0.134 e. The molecule has 4 heteroatoms. The predicted molar refractivity (Wildman–Crippen MR) is 58.4 cm³/mol.